The Morgan fingerprint density at radius 1 is 1.16 bits per heavy atom. The number of rotatable bonds is 7. The minimum Gasteiger partial charge on any atom is -0.490 e. The van der Waals surface area contributed by atoms with Crippen molar-refractivity contribution in [2.45, 2.75) is 39.8 Å². The lowest BCUT2D eigenvalue weighted by Gasteiger charge is -2.25. The van der Waals surface area contributed by atoms with E-state index in [4.69, 9.17) is 4.74 Å². The van der Waals surface area contributed by atoms with E-state index in [9.17, 15) is 0 Å². The molecule has 0 N–H and O–H groups in total. The maximum atomic E-state index is 5.41. The standard InChI is InChI=1S/C15H23N3O/c1-6-11-19-15-9-7-14(8-10-15)16-17-18(12(2)3)13(4)5/h6-10,12-13H,1,11H2,2-5H3. The highest BCUT2D eigenvalue weighted by molar-refractivity contribution is 5.40. The molecule has 0 saturated heterocycles. The van der Waals surface area contributed by atoms with E-state index in [2.05, 4.69) is 44.6 Å². The molecule has 0 saturated carbocycles. The maximum Gasteiger partial charge on any atom is 0.119 e. The molecule has 0 aliphatic carbocycles. The van der Waals surface area contributed by atoms with Crippen LogP contribution in [0.15, 0.2) is 47.3 Å². The summed E-state index contributed by atoms with van der Waals surface area (Å²) >= 11 is 0. The molecule has 0 atom stereocenters. The third kappa shape index (κ3) is 5.12. The molecule has 0 spiro atoms. The first kappa shape index (κ1) is 15.2. The molecule has 4 heteroatoms. The molecule has 0 aliphatic rings. The third-order valence-electron chi connectivity index (χ3n) is 2.53. The largest absolute Gasteiger partial charge is 0.490 e. The molecular weight excluding hydrogens is 238 g/mol. The van der Waals surface area contributed by atoms with E-state index in [-0.39, 0.29) is 0 Å². The first-order chi connectivity index (χ1) is 9.04. The van der Waals surface area contributed by atoms with Gasteiger partial charge in [-0.2, -0.15) is 0 Å². The van der Waals surface area contributed by atoms with Crippen LogP contribution in [0.25, 0.3) is 0 Å². The van der Waals surface area contributed by atoms with E-state index in [1.165, 1.54) is 0 Å². The predicted octanol–water partition coefficient (Wildman–Crippen LogP) is 4.37. The fraction of sp³-hybridized carbons (Fsp3) is 0.467. The lowest BCUT2D eigenvalue weighted by atomic mass is 10.3. The van der Waals surface area contributed by atoms with Crippen LogP contribution in [0.2, 0.25) is 0 Å². The Labute approximate surface area is 115 Å². The molecule has 19 heavy (non-hydrogen) atoms. The molecule has 0 radical (unpaired) electrons. The normalized spacial score (nSPS) is 11.3. The van der Waals surface area contributed by atoms with E-state index >= 15 is 0 Å². The van der Waals surface area contributed by atoms with Crippen molar-refractivity contribution in [3.05, 3.63) is 36.9 Å². The Morgan fingerprint density at radius 2 is 1.74 bits per heavy atom. The van der Waals surface area contributed by atoms with Gasteiger partial charge in [0.25, 0.3) is 0 Å². The molecule has 1 rings (SSSR count). The third-order valence-corrected chi connectivity index (χ3v) is 2.53. The number of hydrogen-bond acceptors (Lipinski definition) is 3. The van der Waals surface area contributed by atoms with Crippen molar-refractivity contribution in [2.24, 2.45) is 10.3 Å². The molecule has 0 aromatic heterocycles. The highest BCUT2D eigenvalue weighted by Gasteiger charge is 2.10. The highest BCUT2D eigenvalue weighted by Crippen LogP contribution is 2.19. The van der Waals surface area contributed by atoms with E-state index in [0.717, 1.165) is 11.4 Å². The van der Waals surface area contributed by atoms with Gasteiger partial charge in [-0.25, -0.2) is 0 Å². The minimum absolute atomic E-state index is 0.332. The second kappa shape index (κ2) is 7.56. The zero-order valence-electron chi connectivity index (χ0n) is 12.2. The van der Waals surface area contributed by atoms with Crippen LogP contribution in [0.5, 0.6) is 5.75 Å². The van der Waals surface area contributed by atoms with Gasteiger partial charge in [0.05, 0.1) is 5.69 Å². The Hall–Kier alpha value is -1.84. The van der Waals surface area contributed by atoms with Crippen molar-refractivity contribution >= 4 is 5.69 Å². The molecule has 104 valence electrons. The zero-order valence-corrected chi connectivity index (χ0v) is 12.2. The summed E-state index contributed by atoms with van der Waals surface area (Å²) in [7, 11) is 0. The Kier molecular flexibility index (Phi) is 6.06. The molecule has 0 aliphatic heterocycles. The fourth-order valence-electron chi connectivity index (χ4n) is 1.67. The van der Waals surface area contributed by atoms with Crippen molar-refractivity contribution in [3.8, 4) is 5.75 Å². The molecule has 0 fully saturated rings. The second-order valence-corrected chi connectivity index (χ2v) is 4.85. The number of benzene rings is 1. The Bertz CT molecular complexity index is 402. The molecule has 0 amide bonds. The van der Waals surface area contributed by atoms with Crippen LogP contribution in [-0.2, 0) is 0 Å². The summed E-state index contributed by atoms with van der Waals surface area (Å²) in [4.78, 5) is 0. The van der Waals surface area contributed by atoms with Crippen LogP contribution < -0.4 is 4.74 Å². The smallest absolute Gasteiger partial charge is 0.119 e. The molecule has 0 bridgehead atoms. The van der Waals surface area contributed by atoms with Gasteiger partial charge in [0, 0.05) is 12.1 Å². The lowest BCUT2D eigenvalue weighted by molar-refractivity contribution is 0.169. The predicted molar refractivity (Wildman–Crippen MR) is 78.8 cm³/mol. The van der Waals surface area contributed by atoms with Crippen molar-refractivity contribution in [1.82, 2.24) is 5.01 Å². The lowest BCUT2D eigenvalue weighted by Crippen LogP contribution is -2.31. The first-order valence-corrected chi connectivity index (χ1v) is 6.58. The second-order valence-electron chi connectivity index (χ2n) is 4.85. The van der Waals surface area contributed by atoms with Gasteiger partial charge in [-0.05, 0) is 52.0 Å². The topological polar surface area (TPSA) is 37.2 Å². The van der Waals surface area contributed by atoms with Gasteiger partial charge in [-0.15, -0.1) is 5.11 Å². The van der Waals surface area contributed by atoms with Gasteiger partial charge < -0.3 is 4.74 Å². The molecule has 0 unspecified atom stereocenters. The summed E-state index contributed by atoms with van der Waals surface area (Å²) in [6, 6.07) is 8.21. The van der Waals surface area contributed by atoms with Crippen LogP contribution in [0, 0.1) is 0 Å². The van der Waals surface area contributed by atoms with Crippen LogP contribution in [0.3, 0.4) is 0 Å². The number of ether oxygens (including phenoxy) is 1. The summed E-state index contributed by atoms with van der Waals surface area (Å²) < 4.78 is 5.41. The van der Waals surface area contributed by atoms with Gasteiger partial charge in [-0.1, -0.05) is 17.9 Å². The molecule has 0 heterocycles. The monoisotopic (exact) mass is 261 g/mol. The first-order valence-electron chi connectivity index (χ1n) is 6.58. The van der Waals surface area contributed by atoms with E-state index < -0.39 is 0 Å². The summed E-state index contributed by atoms with van der Waals surface area (Å²) in [5.74, 6) is 0.809. The van der Waals surface area contributed by atoms with Crippen molar-refractivity contribution in [1.29, 1.82) is 0 Å². The average molecular weight is 261 g/mol. The molecular formula is C15H23N3O. The molecule has 4 nitrogen and oxygen atoms in total. The van der Waals surface area contributed by atoms with Gasteiger partial charge in [0.15, 0.2) is 0 Å². The SMILES string of the molecule is C=CCOc1ccc(N=NN(C(C)C)C(C)C)cc1. The average Bonchev–Trinajstić information content (AvgIpc) is 2.37. The van der Waals surface area contributed by atoms with Crippen molar-refractivity contribution < 1.29 is 4.74 Å². The van der Waals surface area contributed by atoms with Gasteiger partial charge in [0.2, 0.25) is 0 Å². The number of hydrogen-bond donors (Lipinski definition) is 0. The molecule has 1 aromatic rings. The van der Waals surface area contributed by atoms with Crippen LogP contribution in [0.4, 0.5) is 5.69 Å². The van der Waals surface area contributed by atoms with Crippen LogP contribution in [-0.4, -0.2) is 23.7 Å². The van der Waals surface area contributed by atoms with Crippen molar-refractivity contribution in [2.75, 3.05) is 6.61 Å². The van der Waals surface area contributed by atoms with Crippen LogP contribution in [0.1, 0.15) is 27.7 Å². The minimum atomic E-state index is 0.332. The van der Waals surface area contributed by atoms with E-state index in [1.54, 1.807) is 6.08 Å². The maximum absolute atomic E-state index is 5.41. The highest BCUT2D eigenvalue weighted by atomic mass is 16.5. The summed E-state index contributed by atoms with van der Waals surface area (Å²) in [5, 5.41) is 10.5. The Morgan fingerprint density at radius 3 is 2.21 bits per heavy atom. The molecule has 1 aromatic carbocycles. The van der Waals surface area contributed by atoms with Gasteiger partial charge in [-0.3, -0.25) is 5.01 Å². The summed E-state index contributed by atoms with van der Waals surface area (Å²) in [6.07, 6.45) is 1.72. The van der Waals surface area contributed by atoms with Gasteiger partial charge in [0.1, 0.15) is 12.4 Å². The van der Waals surface area contributed by atoms with Gasteiger partial charge >= 0.3 is 0 Å². The van der Waals surface area contributed by atoms with Crippen molar-refractivity contribution in [3.63, 3.8) is 0 Å². The Balaban J connectivity index is 2.68. The fourth-order valence-corrected chi connectivity index (χ4v) is 1.67. The van der Waals surface area contributed by atoms with E-state index in [1.807, 2.05) is 29.3 Å². The summed E-state index contributed by atoms with van der Waals surface area (Å²) in [6.45, 7) is 12.5. The summed E-state index contributed by atoms with van der Waals surface area (Å²) in [5.41, 5.74) is 0.817. The zero-order chi connectivity index (χ0) is 14.3. The number of nitrogens with zero attached hydrogens (tertiary/aromatic N) is 3. The quantitative estimate of drug-likeness (QED) is 0.415. The van der Waals surface area contributed by atoms with Crippen LogP contribution >= 0.6 is 0 Å². The van der Waals surface area contributed by atoms with E-state index in [0.29, 0.717) is 18.7 Å².